The van der Waals surface area contributed by atoms with E-state index in [2.05, 4.69) is 0 Å². The lowest BCUT2D eigenvalue weighted by molar-refractivity contribution is -0.138. The molecule has 3 rings (SSSR count). The first-order valence-corrected chi connectivity index (χ1v) is 11.5. The lowest BCUT2D eigenvalue weighted by Gasteiger charge is -2.29. The van der Waals surface area contributed by atoms with Crippen molar-refractivity contribution in [1.82, 2.24) is 4.90 Å². The number of phenols is 1. The average Bonchev–Trinajstić information content (AvgIpc) is 2.80. The predicted octanol–water partition coefficient (Wildman–Crippen LogP) is 5.83. The van der Waals surface area contributed by atoms with Crippen LogP contribution >= 0.6 is 0 Å². The highest BCUT2D eigenvalue weighted by Gasteiger charge is 2.34. The summed E-state index contributed by atoms with van der Waals surface area (Å²) in [6.07, 6.45) is -1.32. The summed E-state index contributed by atoms with van der Waals surface area (Å²) in [4.78, 5) is 33.9. The summed E-state index contributed by atoms with van der Waals surface area (Å²) >= 11 is 0. The zero-order valence-corrected chi connectivity index (χ0v) is 20.9. The normalized spacial score (nSPS) is 13.3. The maximum atomic E-state index is 12.1. The summed E-state index contributed by atoms with van der Waals surface area (Å²) in [6.45, 7) is 7.41. The molecule has 0 saturated carbocycles. The van der Waals surface area contributed by atoms with Gasteiger partial charge < -0.3 is 25.0 Å². The van der Waals surface area contributed by atoms with Crippen molar-refractivity contribution in [3.05, 3.63) is 65.2 Å². The van der Waals surface area contributed by atoms with Crippen molar-refractivity contribution in [2.75, 3.05) is 13.1 Å². The number of piperidine rings is 1. The zero-order valence-electron chi connectivity index (χ0n) is 20.9. The van der Waals surface area contributed by atoms with Crippen molar-refractivity contribution in [2.45, 2.75) is 58.2 Å². The molecule has 0 aromatic heterocycles. The van der Waals surface area contributed by atoms with E-state index < -0.39 is 29.2 Å². The molecule has 1 amide bonds. The summed E-state index contributed by atoms with van der Waals surface area (Å²) in [5.74, 6) is -2.29. The number of ether oxygens (including phenoxy) is 1. The van der Waals surface area contributed by atoms with Gasteiger partial charge in [-0.25, -0.2) is 9.59 Å². The first-order chi connectivity index (χ1) is 17.1. The van der Waals surface area contributed by atoms with Gasteiger partial charge in [-0.3, -0.25) is 4.79 Å². The lowest BCUT2D eigenvalue weighted by atomic mass is 10.1. The Labute approximate surface area is 213 Å². The number of aliphatic carboxylic acids is 1. The molecule has 1 aliphatic heterocycles. The van der Waals surface area contributed by atoms with E-state index in [1.807, 2.05) is 20.8 Å². The molecule has 2 aromatic rings. The van der Waals surface area contributed by atoms with E-state index in [-0.39, 0.29) is 23.9 Å². The molecule has 11 heteroatoms. The molecule has 37 heavy (non-hydrogen) atoms. The van der Waals surface area contributed by atoms with Gasteiger partial charge in [0, 0.05) is 13.1 Å². The molecule has 0 unspecified atom stereocenters. The van der Waals surface area contributed by atoms with Crippen LogP contribution in [0.4, 0.5) is 18.0 Å². The van der Waals surface area contributed by atoms with Crippen molar-refractivity contribution in [2.24, 2.45) is 0 Å². The molecule has 0 radical (unpaired) electrons. The topological polar surface area (TPSA) is 124 Å². The van der Waals surface area contributed by atoms with Gasteiger partial charge in [0.25, 0.3) is 0 Å². The molecule has 1 fully saturated rings. The van der Waals surface area contributed by atoms with Gasteiger partial charge in [-0.15, -0.1) is 0 Å². The summed E-state index contributed by atoms with van der Waals surface area (Å²) in [5, 5.41) is 25.6. The number of alkyl halides is 3. The van der Waals surface area contributed by atoms with Gasteiger partial charge in [0.2, 0.25) is 0 Å². The van der Waals surface area contributed by atoms with Gasteiger partial charge in [-0.2, -0.15) is 13.2 Å². The third-order valence-corrected chi connectivity index (χ3v) is 4.76. The van der Waals surface area contributed by atoms with Crippen molar-refractivity contribution >= 4 is 18.0 Å². The number of amides is 1. The van der Waals surface area contributed by atoms with E-state index in [1.54, 1.807) is 17.0 Å². The van der Waals surface area contributed by atoms with E-state index >= 15 is 0 Å². The molecule has 0 bridgehead atoms. The number of aromatic hydroxyl groups is 1. The summed E-state index contributed by atoms with van der Waals surface area (Å²) < 4.78 is 41.7. The summed E-state index contributed by atoms with van der Waals surface area (Å²) in [7, 11) is 0. The van der Waals surface area contributed by atoms with Crippen LogP contribution in [0.2, 0.25) is 0 Å². The molecular weight excluding hydrogens is 495 g/mol. The van der Waals surface area contributed by atoms with Crippen molar-refractivity contribution in [3.63, 3.8) is 0 Å². The van der Waals surface area contributed by atoms with Crippen molar-refractivity contribution in [1.29, 1.82) is 0 Å². The fourth-order valence-electron chi connectivity index (χ4n) is 3.11. The maximum absolute atomic E-state index is 12.1. The first-order valence-electron chi connectivity index (χ1n) is 11.5. The number of likely N-dealkylation sites (tertiary alicyclic amines) is 1. The standard InChI is InChI=1S/C10H19NO2.C8H5F3O2.C8H8O3/c1-10(2,3)13-9(12)11-7-5-4-6-8-11;9-8(10,11)6-4-2-1-3-5(6)7(12)13;9-7-3-1-6(2-4-7)5-8(10)11/h4-8H2,1-3H3;1-4H,(H,12,13);1-4,9H,5H2,(H,10,11). The predicted molar refractivity (Wildman–Crippen MR) is 130 cm³/mol. The van der Waals surface area contributed by atoms with Crippen LogP contribution in [-0.2, 0) is 22.1 Å². The maximum Gasteiger partial charge on any atom is 0.417 e. The third-order valence-electron chi connectivity index (χ3n) is 4.76. The number of benzene rings is 2. The molecular formula is C26H32F3NO7. The molecule has 1 saturated heterocycles. The molecule has 1 heterocycles. The Morgan fingerprint density at radius 1 is 0.892 bits per heavy atom. The highest BCUT2D eigenvalue weighted by Crippen LogP contribution is 2.31. The Balaban J connectivity index is 0.000000279. The summed E-state index contributed by atoms with van der Waals surface area (Å²) in [6, 6.07) is 10.2. The first kappa shape index (κ1) is 31.3. The second-order valence-electron chi connectivity index (χ2n) is 9.11. The van der Waals surface area contributed by atoms with Crippen LogP contribution in [0.15, 0.2) is 48.5 Å². The number of nitrogens with zero attached hydrogens (tertiary/aromatic N) is 1. The Morgan fingerprint density at radius 2 is 1.43 bits per heavy atom. The van der Waals surface area contributed by atoms with Crippen molar-refractivity contribution in [3.8, 4) is 5.75 Å². The fraction of sp³-hybridized carbons (Fsp3) is 0.423. The molecule has 204 valence electrons. The number of halogens is 3. The SMILES string of the molecule is CC(C)(C)OC(=O)N1CCCCC1.O=C(O)Cc1ccc(O)cc1.O=C(O)c1ccccc1C(F)(F)F. The fourth-order valence-corrected chi connectivity index (χ4v) is 3.11. The van der Waals surface area contributed by atoms with E-state index in [9.17, 15) is 27.6 Å². The highest BCUT2D eigenvalue weighted by atomic mass is 19.4. The number of carboxylic acid groups (broad SMARTS) is 2. The lowest BCUT2D eigenvalue weighted by Crippen LogP contribution is -2.39. The van der Waals surface area contributed by atoms with Crippen LogP contribution < -0.4 is 0 Å². The van der Waals surface area contributed by atoms with Gasteiger partial charge in [-0.05, 0) is 69.9 Å². The average molecular weight is 528 g/mol. The van der Waals surface area contributed by atoms with Crippen LogP contribution in [0, 0.1) is 0 Å². The molecule has 8 nitrogen and oxygen atoms in total. The molecule has 3 N–H and O–H groups in total. The minimum absolute atomic E-state index is 0.000278. The van der Waals surface area contributed by atoms with Crippen LogP contribution in [0.25, 0.3) is 0 Å². The van der Waals surface area contributed by atoms with E-state index in [0.29, 0.717) is 5.56 Å². The molecule has 1 aliphatic rings. The Morgan fingerprint density at radius 3 is 1.86 bits per heavy atom. The van der Waals surface area contributed by atoms with Gasteiger partial charge >= 0.3 is 24.2 Å². The largest absolute Gasteiger partial charge is 0.508 e. The van der Waals surface area contributed by atoms with Gasteiger partial charge in [-0.1, -0.05) is 24.3 Å². The molecule has 0 aliphatic carbocycles. The minimum atomic E-state index is -4.62. The zero-order chi connectivity index (χ0) is 28.2. The number of carbonyl (C=O) groups is 3. The van der Waals surface area contributed by atoms with Crippen LogP contribution in [0.5, 0.6) is 5.75 Å². The monoisotopic (exact) mass is 527 g/mol. The number of rotatable bonds is 3. The van der Waals surface area contributed by atoms with Crippen LogP contribution in [0.1, 0.15) is 61.5 Å². The number of carbonyl (C=O) groups excluding carboxylic acids is 1. The Kier molecular flexibility index (Phi) is 11.9. The van der Waals surface area contributed by atoms with Gasteiger partial charge in [0.1, 0.15) is 11.4 Å². The number of aromatic carboxylic acids is 1. The third kappa shape index (κ3) is 12.7. The molecule has 0 atom stereocenters. The molecule has 0 spiro atoms. The second-order valence-corrected chi connectivity index (χ2v) is 9.11. The van der Waals surface area contributed by atoms with Crippen LogP contribution in [-0.4, -0.2) is 56.9 Å². The van der Waals surface area contributed by atoms with E-state index in [0.717, 1.165) is 44.1 Å². The van der Waals surface area contributed by atoms with Gasteiger partial charge in [0.15, 0.2) is 0 Å². The van der Waals surface area contributed by atoms with Crippen molar-refractivity contribution < 1.29 is 47.6 Å². The Bertz CT molecular complexity index is 1030. The Hall–Kier alpha value is -3.76. The van der Waals surface area contributed by atoms with Gasteiger partial charge in [0.05, 0.1) is 17.5 Å². The quantitative estimate of drug-likeness (QED) is 0.459. The van der Waals surface area contributed by atoms with E-state index in [1.165, 1.54) is 24.6 Å². The molecule has 2 aromatic carbocycles. The number of phenolic OH excluding ortho intramolecular Hbond substituents is 1. The number of hydrogen-bond donors (Lipinski definition) is 3. The van der Waals surface area contributed by atoms with E-state index in [4.69, 9.17) is 20.1 Å². The highest BCUT2D eigenvalue weighted by molar-refractivity contribution is 5.89. The second kappa shape index (κ2) is 14.1. The summed E-state index contributed by atoms with van der Waals surface area (Å²) in [5.41, 5.74) is -1.53. The minimum Gasteiger partial charge on any atom is -0.508 e. The number of hydrogen-bond acceptors (Lipinski definition) is 5. The number of carboxylic acids is 2. The smallest absolute Gasteiger partial charge is 0.417 e. The van der Waals surface area contributed by atoms with Crippen LogP contribution in [0.3, 0.4) is 0 Å².